The summed E-state index contributed by atoms with van der Waals surface area (Å²) in [6.45, 7) is 2.17. The Balaban J connectivity index is 1.73. The highest BCUT2D eigenvalue weighted by molar-refractivity contribution is 6.30. The van der Waals surface area contributed by atoms with Crippen LogP contribution in [0.4, 0.5) is 8.78 Å². The second kappa shape index (κ2) is 6.76. The predicted octanol–water partition coefficient (Wildman–Crippen LogP) is 1.62. The fourth-order valence-electron chi connectivity index (χ4n) is 2.98. The van der Waals surface area contributed by atoms with E-state index in [2.05, 4.69) is 10.6 Å². The number of hydrogen-bond acceptors (Lipinski definition) is 4. The molecule has 3 rings (SSSR count). The fraction of sp³-hybridized carbons (Fsp3) is 0.600. The zero-order valence-electron chi connectivity index (χ0n) is 12.0. The van der Waals surface area contributed by atoms with Crippen LogP contribution in [0.15, 0.2) is 12.1 Å². The van der Waals surface area contributed by atoms with Crippen molar-refractivity contribution in [1.29, 1.82) is 0 Å². The normalized spacial score (nSPS) is 26.9. The highest BCUT2D eigenvalue weighted by atomic mass is 35.5. The summed E-state index contributed by atoms with van der Waals surface area (Å²) in [4.78, 5) is 0. The molecule has 1 unspecified atom stereocenters. The van der Waals surface area contributed by atoms with Crippen molar-refractivity contribution < 1.29 is 18.6 Å². The number of nitrogens with one attached hydrogen (secondary N) is 2. The molecule has 122 valence electrons. The Bertz CT molecular complexity index is 543. The molecule has 7 heteroatoms. The monoisotopic (exact) mass is 332 g/mol. The molecule has 0 spiro atoms. The van der Waals surface area contributed by atoms with E-state index in [0.29, 0.717) is 32.7 Å². The lowest BCUT2D eigenvalue weighted by Gasteiger charge is -2.35. The Morgan fingerprint density at radius 1 is 1.36 bits per heavy atom. The third kappa shape index (κ3) is 3.41. The number of aliphatic hydroxyl groups is 1. The minimum absolute atomic E-state index is 0.0985. The zero-order valence-corrected chi connectivity index (χ0v) is 12.7. The van der Waals surface area contributed by atoms with E-state index in [1.165, 1.54) is 0 Å². The molecule has 2 fully saturated rings. The molecule has 2 aliphatic rings. The highest BCUT2D eigenvalue weighted by Crippen LogP contribution is 2.32. The summed E-state index contributed by atoms with van der Waals surface area (Å²) in [5, 5.41) is 15.8. The van der Waals surface area contributed by atoms with Crippen LogP contribution >= 0.6 is 11.6 Å². The molecule has 0 amide bonds. The molecule has 3 N–H and O–H groups in total. The molecule has 2 heterocycles. The molecule has 0 aromatic heterocycles. The molecule has 2 aliphatic heterocycles. The average Bonchev–Trinajstić information content (AvgIpc) is 2.82. The van der Waals surface area contributed by atoms with Crippen molar-refractivity contribution >= 4 is 11.6 Å². The van der Waals surface area contributed by atoms with Crippen molar-refractivity contribution in [2.45, 2.75) is 24.6 Å². The molecule has 1 aromatic carbocycles. The third-order valence-corrected chi connectivity index (χ3v) is 4.58. The molecule has 0 aliphatic carbocycles. The van der Waals surface area contributed by atoms with Gasteiger partial charge in [0.2, 0.25) is 0 Å². The van der Waals surface area contributed by atoms with Crippen LogP contribution in [0.1, 0.15) is 18.0 Å². The summed E-state index contributed by atoms with van der Waals surface area (Å²) < 4.78 is 33.1. The van der Waals surface area contributed by atoms with E-state index in [9.17, 15) is 13.9 Å². The number of ether oxygens (including phenoxy) is 1. The van der Waals surface area contributed by atoms with E-state index in [-0.39, 0.29) is 34.7 Å². The van der Waals surface area contributed by atoms with Crippen molar-refractivity contribution in [2.24, 2.45) is 5.92 Å². The third-order valence-electron chi connectivity index (χ3n) is 4.29. The van der Waals surface area contributed by atoms with Gasteiger partial charge in [0.15, 0.2) is 0 Å². The zero-order chi connectivity index (χ0) is 15.7. The molecular weight excluding hydrogens is 314 g/mol. The molecule has 4 nitrogen and oxygen atoms in total. The highest BCUT2D eigenvalue weighted by Gasteiger charge is 2.33. The van der Waals surface area contributed by atoms with Crippen LogP contribution in [0.25, 0.3) is 0 Å². The largest absolute Gasteiger partial charge is 0.392 e. The molecule has 2 saturated heterocycles. The lowest BCUT2D eigenvalue weighted by atomic mass is 9.90. The molecule has 1 aromatic rings. The second-order valence-electron chi connectivity index (χ2n) is 5.97. The van der Waals surface area contributed by atoms with Gasteiger partial charge in [-0.05, 0) is 18.6 Å². The first kappa shape index (κ1) is 16.1. The van der Waals surface area contributed by atoms with Gasteiger partial charge in [-0.3, -0.25) is 0 Å². The van der Waals surface area contributed by atoms with Crippen LogP contribution in [-0.4, -0.2) is 43.6 Å². The van der Waals surface area contributed by atoms with E-state index in [1.807, 2.05) is 0 Å². The van der Waals surface area contributed by atoms with Crippen LogP contribution in [-0.2, 0) is 4.74 Å². The van der Waals surface area contributed by atoms with Gasteiger partial charge in [-0.25, -0.2) is 8.78 Å². The number of halogens is 3. The second-order valence-corrected chi connectivity index (χ2v) is 6.37. The topological polar surface area (TPSA) is 53.5 Å². The van der Waals surface area contributed by atoms with Gasteiger partial charge in [0.1, 0.15) is 11.6 Å². The summed E-state index contributed by atoms with van der Waals surface area (Å²) in [6, 6.07) is 1.96. The maximum Gasteiger partial charge on any atom is 0.142 e. The fourth-order valence-corrected chi connectivity index (χ4v) is 3.13. The number of hydrogen-bond donors (Lipinski definition) is 3. The number of rotatable bonds is 5. The summed E-state index contributed by atoms with van der Waals surface area (Å²) in [7, 11) is 0. The Hall–Kier alpha value is -0.790. The molecule has 22 heavy (non-hydrogen) atoms. The van der Waals surface area contributed by atoms with Crippen molar-refractivity contribution in [3.8, 4) is 0 Å². The first-order chi connectivity index (χ1) is 10.5. The SMILES string of the molecule is O[C@@H]1CNC(CN[C@@H](c2cc(F)c(Cl)cc2F)C2COC2)C1. The Morgan fingerprint density at radius 3 is 2.73 bits per heavy atom. The van der Waals surface area contributed by atoms with E-state index in [0.717, 1.165) is 12.1 Å². The van der Waals surface area contributed by atoms with Gasteiger partial charge in [0.25, 0.3) is 0 Å². The van der Waals surface area contributed by atoms with E-state index in [1.54, 1.807) is 0 Å². The summed E-state index contributed by atoms with van der Waals surface area (Å²) >= 11 is 5.62. The maximum atomic E-state index is 14.2. The number of β-amino-alcohol motifs (C(OH)–C–C–N with tert-alkyl or cyclic N) is 1. The van der Waals surface area contributed by atoms with Crippen LogP contribution in [0.5, 0.6) is 0 Å². The first-order valence-electron chi connectivity index (χ1n) is 7.41. The number of aliphatic hydroxyl groups excluding tert-OH is 1. The van der Waals surface area contributed by atoms with Gasteiger partial charge >= 0.3 is 0 Å². The lowest BCUT2D eigenvalue weighted by Crippen LogP contribution is -2.44. The van der Waals surface area contributed by atoms with Gasteiger partial charge in [-0.2, -0.15) is 0 Å². The molecule has 0 bridgehead atoms. The predicted molar refractivity (Wildman–Crippen MR) is 78.8 cm³/mol. The van der Waals surface area contributed by atoms with Gasteiger partial charge in [-0.1, -0.05) is 11.6 Å². The molecule has 3 atom stereocenters. The number of benzene rings is 1. The standard InChI is InChI=1S/C15H19ClF2N2O2/c16-12-3-13(17)11(2-14(12)18)15(8-6-22-7-8)20-4-9-1-10(21)5-19-9/h2-3,8-10,15,19-21H,1,4-7H2/t9?,10-,15+/m0/s1. The Labute approximate surface area is 132 Å². The van der Waals surface area contributed by atoms with Crippen molar-refractivity contribution in [3.05, 3.63) is 34.4 Å². The van der Waals surface area contributed by atoms with Crippen LogP contribution < -0.4 is 10.6 Å². The summed E-state index contributed by atoms with van der Waals surface area (Å²) in [5.41, 5.74) is 0.272. The van der Waals surface area contributed by atoms with Crippen molar-refractivity contribution in [1.82, 2.24) is 10.6 Å². The van der Waals surface area contributed by atoms with Crippen LogP contribution in [0, 0.1) is 17.6 Å². The minimum Gasteiger partial charge on any atom is -0.392 e. The van der Waals surface area contributed by atoms with Gasteiger partial charge in [-0.15, -0.1) is 0 Å². The van der Waals surface area contributed by atoms with E-state index >= 15 is 0 Å². The van der Waals surface area contributed by atoms with Crippen LogP contribution in [0.2, 0.25) is 5.02 Å². The van der Waals surface area contributed by atoms with Gasteiger partial charge in [0.05, 0.1) is 24.3 Å². The molecule has 0 saturated carbocycles. The minimum atomic E-state index is -0.625. The Kier molecular flexibility index (Phi) is 4.94. The quantitative estimate of drug-likeness (QED) is 0.717. The Morgan fingerprint density at radius 2 is 2.14 bits per heavy atom. The van der Waals surface area contributed by atoms with Gasteiger partial charge < -0.3 is 20.5 Å². The van der Waals surface area contributed by atoms with E-state index in [4.69, 9.17) is 16.3 Å². The lowest BCUT2D eigenvalue weighted by molar-refractivity contribution is -0.0511. The molecule has 0 radical (unpaired) electrons. The average molecular weight is 333 g/mol. The van der Waals surface area contributed by atoms with Crippen molar-refractivity contribution in [2.75, 3.05) is 26.3 Å². The van der Waals surface area contributed by atoms with Crippen molar-refractivity contribution in [3.63, 3.8) is 0 Å². The molecular formula is C15H19ClF2N2O2. The summed E-state index contributed by atoms with van der Waals surface area (Å²) in [6.07, 6.45) is 0.306. The van der Waals surface area contributed by atoms with Gasteiger partial charge in [0, 0.05) is 36.7 Å². The first-order valence-corrected chi connectivity index (χ1v) is 7.79. The maximum absolute atomic E-state index is 14.2. The smallest absolute Gasteiger partial charge is 0.142 e. The summed E-state index contributed by atoms with van der Waals surface area (Å²) in [5.74, 6) is -1.05. The van der Waals surface area contributed by atoms with E-state index < -0.39 is 11.6 Å². The van der Waals surface area contributed by atoms with Crippen LogP contribution in [0.3, 0.4) is 0 Å².